The number of amides is 1. The highest BCUT2D eigenvalue weighted by atomic mass is 16.6. The van der Waals surface area contributed by atoms with Gasteiger partial charge in [0.15, 0.2) is 6.23 Å². The van der Waals surface area contributed by atoms with Crippen LogP contribution >= 0.6 is 0 Å². The van der Waals surface area contributed by atoms with Crippen molar-refractivity contribution in [3.8, 4) is 11.5 Å². The summed E-state index contributed by atoms with van der Waals surface area (Å²) >= 11 is 0. The molecule has 50 heavy (non-hydrogen) atoms. The van der Waals surface area contributed by atoms with Crippen LogP contribution in [-0.4, -0.2) is 66.8 Å². The highest BCUT2D eigenvalue weighted by Crippen LogP contribution is 2.43. The van der Waals surface area contributed by atoms with Crippen molar-refractivity contribution in [3.63, 3.8) is 0 Å². The van der Waals surface area contributed by atoms with Crippen molar-refractivity contribution in [3.05, 3.63) is 154 Å². The molecule has 4 atom stereocenters. The Morgan fingerprint density at radius 2 is 1.38 bits per heavy atom. The van der Waals surface area contributed by atoms with Crippen molar-refractivity contribution in [1.82, 2.24) is 9.55 Å². The molecule has 6 rings (SSSR count). The number of hydrogen-bond donors (Lipinski definition) is 2. The lowest BCUT2D eigenvalue weighted by molar-refractivity contribution is -0.0967. The SMILES string of the molecule is COc1ccc(C(OC[C@H]2OC(n3cc(C)c(NC(=O)c4ccccc4)nc3=O)[C@H](OC)[C@@H]2O)(c2ccccc2)c2ccc(OC)cc2)cc1. The topological polar surface area (TPSA) is 130 Å². The Morgan fingerprint density at radius 1 is 0.840 bits per heavy atom. The predicted molar refractivity (Wildman–Crippen MR) is 187 cm³/mol. The van der Waals surface area contributed by atoms with Crippen molar-refractivity contribution < 1.29 is 33.6 Å². The summed E-state index contributed by atoms with van der Waals surface area (Å²) in [5, 5.41) is 14.2. The number of methoxy groups -OCH3 is 3. The number of carbonyl (C=O) groups is 1. The number of ether oxygens (including phenoxy) is 5. The zero-order valence-corrected chi connectivity index (χ0v) is 28.2. The summed E-state index contributed by atoms with van der Waals surface area (Å²) in [5.74, 6) is 1.10. The Morgan fingerprint density at radius 3 is 1.92 bits per heavy atom. The van der Waals surface area contributed by atoms with Crippen LogP contribution in [-0.2, 0) is 19.8 Å². The van der Waals surface area contributed by atoms with Crippen LogP contribution < -0.4 is 20.5 Å². The zero-order chi connectivity index (χ0) is 35.3. The summed E-state index contributed by atoms with van der Waals surface area (Å²) in [6.45, 7) is 1.63. The highest BCUT2D eigenvalue weighted by Gasteiger charge is 2.48. The number of hydrogen-bond acceptors (Lipinski definition) is 9. The van der Waals surface area contributed by atoms with E-state index in [9.17, 15) is 14.7 Å². The first-order valence-electron chi connectivity index (χ1n) is 16.1. The average Bonchev–Trinajstić information content (AvgIpc) is 3.48. The van der Waals surface area contributed by atoms with E-state index in [0.29, 0.717) is 22.6 Å². The maximum atomic E-state index is 13.4. The third kappa shape index (κ3) is 6.76. The minimum absolute atomic E-state index is 0.0865. The van der Waals surface area contributed by atoms with Crippen LogP contribution in [0.2, 0.25) is 0 Å². The van der Waals surface area contributed by atoms with Gasteiger partial charge in [-0.3, -0.25) is 9.36 Å². The molecule has 1 aliphatic rings. The van der Waals surface area contributed by atoms with E-state index in [1.165, 1.54) is 17.9 Å². The van der Waals surface area contributed by atoms with Gasteiger partial charge in [0.1, 0.15) is 41.2 Å². The summed E-state index contributed by atoms with van der Waals surface area (Å²) < 4.78 is 31.2. The van der Waals surface area contributed by atoms with E-state index in [0.717, 1.165) is 16.7 Å². The molecule has 1 fully saturated rings. The lowest BCUT2D eigenvalue weighted by Crippen LogP contribution is -2.40. The molecule has 0 aliphatic carbocycles. The number of aromatic nitrogens is 2. The van der Waals surface area contributed by atoms with Crippen LogP contribution in [0.1, 0.15) is 38.8 Å². The van der Waals surface area contributed by atoms with Crippen LogP contribution in [0.5, 0.6) is 11.5 Å². The van der Waals surface area contributed by atoms with Crippen LogP contribution in [0, 0.1) is 6.92 Å². The van der Waals surface area contributed by atoms with Gasteiger partial charge in [-0.1, -0.05) is 72.8 Å². The van der Waals surface area contributed by atoms with Crippen molar-refractivity contribution >= 4 is 11.7 Å². The summed E-state index contributed by atoms with van der Waals surface area (Å²) in [6.07, 6.45) is -2.51. The third-order valence-electron chi connectivity index (χ3n) is 8.90. The van der Waals surface area contributed by atoms with E-state index < -0.39 is 41.7 Å². The normalized spacial score (nSPS) is 18.8. The lowest BCUT2D eigenvalue weighted by Gasteiger charge is -2.37. The molecule has 2 N–H and O–H groups in total. The molecule has 0 spiro atoms. The molecular formula is C39H39N3O8. The fourth-order valence-electron chi connectivity index (χ4n) is 6.26. The first kappa shape index (κ1) is 34.5. The molecule has 1 saturated heterocycles. The molecule has 11 nitrogen and oxygen atoms in total. The van der Waals surface area contributed by atoms with Crippen LogP contribution in [0.15, 0.2) is 120 Å². The van der Waals surface area contributed by atoms with Crippen LogP contribution in [0.25, 0.3) is 0 Å². The molecule has 0 radical (unpaired) electrons. The Bertz CT molecular complexity index is 1900. The molecule has 1 aliphatic heterocycles. The van der Waals surface area contributed by atoms with Crippen molar-refractivity contribution in [2.75, 3.05) is 33.3 Å². The monoisotopic (exact) mass is 677 g/mol. The molecular weight excluding hydrogens is 638 g/mol. The van der Waals surface area contributed by atoms with Crippen molar-refractivity contribution in [1.29, 1.82) is 0 Å². The van der Waals surface area contributed by atoms with Gasteiger partial charge >= 0.3 is 5.69 Å². The van der Waals surface area contributed by atoms with Gasteiger partial charge in [-0.05, 0) is 60.0 Å². The van der Waals surface area contributed by atoms with Crippen molar-refractivity contribution in [2.45, 2.75) is 37.1 Å². The van der Waals surface area contributed by atoms with Gasteiger partial charge in [-0.15, -0.1) is 0 Å². The average molecular weight is 678 g/mol. The van der Waals surface area contributed by atoms with Gasteiger partial charge < -0.3 is 34.1 Å². The molecule has 4 aromatic carbocycles. The van der Waals surface area contributed by atoms with E-state index in [-0.39, 0.29) is 12.4 Å². The van der Waals surface area contributed by atoms with Crippen LogP contribution in [0.4, 0.5) is 5.82 Å². The first-order valence-corrected chi connectivity index (χ1v) is 16.1. The molecule has 5 aromatic rings. The number of benzene rings is 4. The van der Waals surface area contributed by atoms with E-state index in [1.54, 1.807) is 45.4 Å². The second-order valence-corrected chi connectivity index (χ2v) is 11.9. The Kier molecular flexibility index (Phi) is 10.4. The van der Waals surface area contributed by atoms with Gasteiger partial charge in [0.25, 0.3) is 5.91 Å². The standard InChI is InChI=1S/C39H39N3O8/c1-25-23-42(38(45)41-35(25)40-36(44)26-11-7-5-8-12-26)37-34(48-4)33(43)32(50-37)24-49-39(27-13-9-6-10-14-27,28-15-19-30(46-2)20-16-28)29-17-21-31(47-3)22-18-29/h5-23,32-34,37,43H,24H2,1-4H3,(H,40,41,44,45)/t32-,33-,34-,37?/m1/s1. The Labute approximate surface area is 290 Å². The van der Waals surface area contributed by atoms with Gasteiger partial charge in [-0.2, -0.15) is 4.98 Å². The molecule has 1 amide bonds. The first-order chi connectivity index (χ1) is 24.3. The summed E-state index contributed by atoms with van der Waals surface area (Å²) in [6, 6.07) is 33.6. The maximum Gasteiger partial charge on any atom is 0.351 e. The number of carbonyl (C=O) groups excluding carboxylic acids is 1. The second kappa shape index (κ2) is 15.1. The fraction of sp³-hybridized carbons (Fsp3) is 0.256. The zero-order valence-electron chi connectivity index (χ0n) is 28.2. The van der Waals surface area contributed by atoms with Gasteiger partial charge in [0.2, 0.25) is 0 Å². The number of rotatable bonds is 12. The number of aliphatic hydroxyl groups is 1. The number of anilines is 1. The van der Waals surface area contributed by atoms with E-state index >= 15 is 0 Å². The van der Waals surface area contributed by atoms with Gasteiger partial charge in [-0.25, -0.2) is 4.79 Å². The maximum absolute atomic E-state index is 13.4. The molecule has 0 bridgehead atoms. The van der Waals surface area contributed by atoms with Gasteiger partial charge in [0, 0.05) is 24.4 Å². The van der Waals surface area contributed by atoms with Crippen molar-refractivity contribution in [2.24, 2.45) is 0 Å². The molecule has 258 valence electrons. The number of nitrogens with one attached hydrogen (secondary N) is 1. The third-order valence-corrected chi connectivity index (χ3v) is 8.90. The quantitative estimate of drug-likeness (QED) is 0.173. The molecule has 2 heterocycles. The van der Waals surface area contributed by atoms with Crippen LogP contribution in [0.3, 0.4) is 0 Å². The van der Waals surface area contributed by atoms with E-state index in [2.05, 4.69) is 10.3 Å². The smallest absolute Gasteiger partial charge is 0.351 e. The largest absolute Gasteiger partial charge is 0.497 e. The Balaban J connectivity index is 1.32. The Hall–Kier alpha value is -5.33. The number of aliphatic hydroxyl groups excluding tert-OH is 1. The van der Waals surface area contributed by atoms with E-state index in [4.69, 9.17) is 23.7 Å². The van der Waals surface area contributed by atoms with E-state index in [1.807, 2.05) is 84.9 Å². The summed E-state index contributed by atoms with van der Waals surface area (Å²) in [7, 11) is 4.66. The predicted octanol–water partition coefficient (Wildman–Crippen LogP) is 5.10. The lowest BCUT2D eigenvalue weighted by atomic mass is 9.80. The van der Waals surface area contributed by atoms with Gasteiger partial charge in [0.05, 0.1) is 20.8 Å². The molecule has 11 heteroatoms. The molecule has 1 unspecified atom stereocenters. The summed E-state index contributed by atoms with van der Waals surface area (Å²) in [5.41, 5.74) is 1.57. The number of nitrogens with zero attached hydrogens (tertiary/aromatic N) is 2. The molecule has 1 aromatic heterocycles. The molecule has 0 saturated carbocycles. The number of aryl methyl sites for hydroxylation is 1. The summed E-state index contributed by atoms with van der Waals surface area (Å²) in [4.78, 5) is 30.3. The minimum Gasteiger partial charge on any atom is -0.497 e. The fourth-order valence-corrected chi connectivity index (χ4v) is 6.26. The second-order valence-electron chi connectivity index (χ2n) is 11.9. The minimum atomic E-state index is -1.17. The highest BCUT2D eigenvalue weighted by molar-refractivity contribution is 6.04.